The van der Waals surface area contributed by atoms with Gasteiger partial charge in [0.1, 0.15) is 6.04 Å². The number of pyridine rings is 1. The molecule has 1 aromatic heterocycles. The molecule has 1 aromatic carbocycles. The zero-order valence-corrected chi connectivity index (χ0v) is 14.1. The van der Waals surface area contributed by atoms with Gasteiger partial charge in [0.25, 0.3) is 5.56 Å². The molecule has 0 aliphatic carbocycles. The molecule has 0 radical (unpaired) electrons. The standard InChI is InChI=1S/C19H22N2O4/c1-14-7-5-11-21(18(14)23)12-6-10-17(22)20-16(19(24)25)13-15-8-3-2-4-9-15/h2-5,7-9,11,16H,6,10,12-13H2,1H3,(H,20,22)(H,24,25). The van der Waals surface area contributed by atoms with E-state index in [1.54, 1.807) is 29.8 Å². The summed E-state index contributed by atoms with van der Waals surface area (Å²) in [5.74, 6) is -1.39. The van der Waals surface area contributed by atoms with Crippen molar-refractivity contribution in [1.29, 1.82) is 0 Å². The number of nitrogens with zero attached hydrogens (tertiary/aromatic N) is 1. The third-order valence-corrected chi connectivity index (χ3v) is 3.93. The Morgan fingerprint density at radius 2 is 1.88 bits per heavy atom. The minimum Gasteiger partial charge on any atom is -0.480 e. The predicted octanol–water partition coefficient (Wildman–Crippen LogP) is 1.75. The van der Waals surface area contributed by atoms with E-state index in [0.717, 1.165) is 5.56 Å². The molecule has 0 bridgehead atoms. The Bertz CT molecular complexity index is 784. The Hall–Kier alpha value is -2.89. The highest BCUT2D eigenvalue weighted by atomic mass is 16.4. The summed E-state index contributed by atoms with van der Waals surface area (Å²) in [5, 5.41) is 11.8. The van der Waals surface area contributed by atoms with E-state index in [-0.39, 0.29) is 24.3 Å². The maximum Gasteiger partial charge on any atom is 0.326 e. The molecule has 0 spiro atoms. The molecule has 0 fully saturated rings. The lowest BCUT2D eigenvalue weighted by molar-refractivity contribution is -0.141. The van der Waals surface area contributed by atoms with Crippen molar-refractivity contribution < 1.29 is 14.7 Å². The molecule has 1 heterocycles. The number of aliphatic carboxylic acids is 1. The van der Waals surface area contributed by atoms with Crippen molar-refractivity contribution in [2.75, 3.05) is 0 Å². The van der Waals surface area contributed by atoms with E-state index in [4.69, 9.17) is 0 Å². The smallest absolute Gasteiger partial charge is 0.326 e. The van der Waals surface area contributed by atoms with Crippen LogP contribution in [0.25, 0.3) is 0 Å². The number of hydrogen-bond acceptors (Lipinski definition) is 3. The van der Waals surface area contributed by atoms with E-state index in [9.17, 15) is 19.5 Å². The lowest BCUT2D eigenvalue weighted by Crippen LogP contribution is -2.42. The maximum absolute atomic E-state index is 12.0. The van der Waals surface area contributed by atoms with E-state index in [1.165, 1.54) is 0 Å². The van der Waals surface area contributed by atoms with Gasteiger partial charge in [-0.25, -0.2) is 4.79 Å². The number of carboxylic acid groups (broad SMARTS) is 1. The van der Waals surface area contributed by atoms with Crippen LogP contribution in [0.3, 0.4) is 0 Å². The van der Waals surface area contributed by atoms with E-state index < -0.39 is 12.0 Å². The van der Waals surface area contributed by atoms with Gasteiger partial charge >= 0.3 is 5.97 Å². The Morgan fingerprint density at radius 1 is 1.16 bits per heavy atom. The SMILES string of the molecule is Cc1cccn(CCCC(=O)NC(Cc2ccccc2)C(=O)O)c1=O. The number of amides is 1. The van der Waals surface area contributed by atoms with Gasteiger partial charge in [-0.2, -0.15) is 0 Å². The summed E-state index contributed by atoms with van der Waals surface area (Å²) in [6, 6.07) is 11.7. The van der Waals surface area contributed by atoms with Crippen LogP contribution < -0.4 is 10.9 Å². The maximum atomic E-state index is 12.0. The summed E-state index contributed by atoms with van der Waals surface area (Å²) in [5.41, 5.74) is 1.43. The summed E-state index contributed by atoms with van der Waals surface area (Å²) < 4.78 is 1.56. The molecular formula is C19H22N2O4. The van der Waals surface area contributed by atoms with Crippen LogP contribution in [0.1, 0.15) is 24.0 Å². The van der Waals surface area contributed by atoms with E-state index in [0.29, 0.717) is 18.5 Å². The number of carboxylic acids is 1. The average Bonchev–Trinajstić information content (AvgIpc) is 2.59. The fourth-order valence-electron chi connectivity index (χ4n) is 2.56. The fraction of sp³-hybridized carbons (Fsp3) is 0.316. The van der Waals surface area contributed by atoms with Crippen LogP contribution in [0.2, 0.25) is 0 Å². The second-order valence-electron chi connectivity index (χ2n) is 5.94. The first-order valence-corrected chi connectivity index (χ1v) is 8.19. The van der Waals surface area contributed by atoms with Gasteiger partial charge in [0, 0.05) is 31.1 Å². The van der Waals surface area contributed by atoms with E-state index in [2.05, 4.69) is 5.32 Å². The first-order chi connectivity index (χ1) is 12.0. The van der Waals surface area contributed by atoms with Gasteiger partial charge in [0.2, 0.25) is 5.91 Å². The molecule has 132 valence electrons. The minimum absolute atomic E-state index is 0.0737. The number of rotatable bonds is 8. The highest BCUT2D eigenvalue weighted by molar-refractivity contribution is 5.83. The van der Waals surface area contributed by atoms with Gasteiger partial charge in [-0.3, -0.25) is 9.59 Å². The number of carbonyl (C=O) groups excluding carboxylic acids is 1. The Morgan fingerprint density at radius 3 is 2.56 bits per heavy atom. The number of nitrogens with one attached hydrogen (secondary N) is 1. The molecule has 6 nitrogen and oxygen atoms in total. The van der Waals surface area contributed by atoms with Gasteiger partial charge in [-0.15, -0.1) is 0 Å². The first kappa shape index (κ1) is 18.4. The van der Waals surface area contributed by atoms with Crippen molar-refractivity contribution in [3.8, 4) is 0 Å². The number of carbonyl (C=O) groups is 2. The topological polar surface area (TPSA) is 88.4 Å². The van der Waals surface area contributed by atoms with Gasteiger partial charge in [-0.05, 0) is 25.0 Å². The van der Waals surface area contributed by atoms with Crippen molar-refractivity contribution >= 4 is 11.9 Å². The predicted molar refractivity (Wildman–Crippen MR) is 94.4 cm³/mol. The van der Waals surface area contributed by atoms with Gasteiger partial charge in [-0.1, -0.05) is 36.4 Å². The zero-order valence-electron chi connectivity index (χ0n) is 14.1. The molecule has 1 unspecified atom stereocenters. The van der Waals surface area contributed by atoms with Crippen molar-refractivity contribution in [2.45, 2.75) is 38.8 Å². The van der Waals surface area contributed by atoms with Crippen LogP contribution in [-0.2, 0) is 22.6 Å². The zero-order chi connectivity index (χ0) is 18.2. The van der Waals surface area contributed by atoms with E-state index in [1.807, 2.05) is 30.3 Å². The molecule has 0 saturated carbocycles. The summed E-state index contributed by atoms with van der Waals surface area (Å²) >= 11 is 0. The number of aryl methyl sites for hydroxylation is 2. The Balaban J connectivity index is 1.86. The van der Waals surface area contributed by atoms with E-state index >= 15 is 0 Å². The quantitative estimate of drug-likeness (QED) is 0.765. The van der Waals surface area contributed by atoms with Crippen molar-refractivity contribution in [3.63, 3.8) is 0 Å². The average molecular weight is 342 g/mol. The third kappa shape index (κ3) is 5.60. The van der Waals surface area contributed by atoms with Crippen molar-refractivity contribution in [1.82, 2.24) is 9.88 Å². The van der Waals surface area contributed by atoms with Crippen LogP contribution in [0, 0.1) is 6.92 Å². The molecule has 2 N–H and O–H groups in total. The fourth-order valence-corrected chi connectivity index (χ4v) is 2.56. The highest BCUT2D eigenvalue weighted by Crippen LogP contribution is 2.04. The van der Waals surface area contributed by atoms with Gasteiger partial charge in [0.15, 0.2) is 0 Å². The molecule has 2 rings (SSSR count). The summed E-state index contributed by atoms with van der Waals surface area (Å²) in [7, 11) is 0. The third-order valence-electron chi connectivity index (χ3n) is 3.93. The Kier molecular flexibility index (Phi) is 6.51. The lowest BCUT2D eigenvalue weighted by Gasteiger charge is -2.15. The summed E-state index contributed by atoms with van der Waals surface area (Å²) in [6.07, 6.45) is 2.55. The molecule has 1 atom stereocenters. The molecule has 25 heavy (non-hydrogen) atoms. The first-order valence-electron chi connectivity index (χ1n) is 8.19. The molecule has 0 aliphatic rings. The van der Waals surface area contributed by atoms with Crippen LogP contribution in [0.4, 0.5) is 0 Å². The number of hydrogen-bond donors (Lipinski definition) is 2. The lowest BCUT2D eigenvalue weighted by atomic mass is 10.1. The number of benzene rings is 1. The molecule has 0 saturated heterocycles. The largest absolute Gasteiger partial charge is 0.480 e. The monoisotopic (exact) mass is 342 g/mol. The molecular weight excluding hydrogens is 320 g/mol. The highest BCUT2D eigenvalue weighted by Gasteiger charge is 2.20. The molecule has 6 heteroatoms. The van der Waals surface area contributed by atoms with Crippen LogP contribution in [0.5, 0.6) is 0 Å². The number of aromatic nitrogens is 1. The molecule has 2 aromatic rings. The molecule has 1 amide bonds. The normalized spacial score (nSPS) is 11.7. The van der Waals surface area contributed by atoms with Gasteiger partial charge in [0.05, 0.1) is 0 Å². The second-order valence-corrected chi connectivity index (χ2v) is 5.94. The Labute approximate surface area is 146 Å². The molecule has 0 aliphatic heterocycles. The summed E-state index contributed by atoms with van der Waals surface area (Å²) in [4.78, 5) is 35.3. The summed E-state index contributed by atoms with van der Waals surface area (Å²) in [6.45, 7) is 2.16. The van der Waals surface area contributed by atoms with Crippen molar-refractivity contribution in [2.24, 2.45) is 0 Å². The van der Waals surface area contributed by atoms with Crippen molar-refractivity contribution in [3.05, 3.63) is 70.1 Å². The van der Waals surface area contributed by atoms with Crippen LogP contribution in [-0.4, -0.2) is 27.6 Å². The van der Waals surface area contributed by atoms with Crippen LogP contribution >= 0.6 is 0 Å². The minimum atomic E-state index is -1.06. The van der Waals surface area contributed by atoms with Gasteiger partial charge < -0.3 is 15.0 Å². The second kappa shape index (κ2) is 8.82. The van der Waals surface area contributed by atoms with Crippen LogP contribution in [0.15, 0.2) is 53.5 Å².